The molecule has 8 heteroatoms. The molecule has 0 bridgehead atoms. The van der Waals surface area contributed by atoms with Crippen LogP contribution in [0.4, 0.5) is 11.4 Å². The molecule has 0 radical (unpaired) electrons. The first-order valence-electron chi connectivity index (χ1n) is 4.13. The van der Waals surface area contributed by atoms with Gasteiger partial charge in [-0.3, -0.25) is 4.31 Å². The molecule has 0 aliphatic rings. The van der Waals surface area contributed by atoms with E-state index in [0.29, 0.717) is 4.31 Å². The van der Waals surface area contributed by atoms with Crippen LogP contribution < -0.4 is 15.2 Å². The van der Waals surface area contributed by atoms with Crippen molar-refractivity contribution in [3.63, 3.8) is 0 Å². The van der Waals surface area contributed by atoms with Crippen molar-refractivity contribution >= 4 is 27.6 Å². The number of aromatic carboxylic acids is 1. The highest BCUT2D eigenvalue weighted by Gasteiger charge is 2.19. The maximum Gasteiger partial charge on any atom is 0.337 e. The van der Waals surface area contributed by atoms with E-state index >= 15 is 0 Å². The molecule has 0 spiro atoms. The Balaban J connectivity index is 3.40. The lowest BCUT2D eigenvalue weighted by Gasteiger charge is -2.18. The molecule has 5 N–H and O–H groups in total. The molecule has 16 heavy (non-hydrogen) atoms. The van der Waals surface area contributed by atoms with Crippen LogP contribution in [0, 0.1) is 0 Å². The maximum atomic E-state index is 11.1. The molecule has 0 fully saturated rings. The predicted molar refractivity (Wildman–Crippen MR) is 59.3 cm³/mol. The van der Waals surface area contributed by atoms with Crippen molar-refractivity contribution in [3.8, 4) is 0 Å². The molecule has 0 aliphatic carbocycles. The van der Waals surface area contributed by atoms with Gasteiger partial charge in [-0.2, -0.15) is 8.42 Å². The molecule has 1 rings (SSSR count). The Labute approximate surface area is 92.5 Å². The van der Waals surface area contributed by atoms with Gasteiger partial charge in [0.05, 0.1) is 11.3 Å². The number of carbonyl (C=O) groups is 1. The fourth-order valence-electron chi connectivity index (χ4n) is 1.14. The summed E-state index contributed by atoms with van der Waals surface area (Å²) in [5.74, 6) is -1.28. The zero-order valence-corrected chi connectivity index (χ0v) is 9.23. The molecule has 0 amide bonds. The molecule has 0 saturated carbocycles. The molecule has 0 heterocycles. The first kappa shape index (κ1) is 12.3. The van der Waals surface area contributed by atoms with E-state index in [1.165, 1.54) is 18.2 Å². The Morgan fingerprint density at radius 2 is 2.00 bits per heavy atom. The number of anilines is 2. The number of nitrogen functional groups attached to an aromatic ring is 1. The van der Waals surface area contributed by atoms with Gasteiger partial charge in [0, 0.05) is 12.7 Å². The average molecular weight is 245 g/mol. The summed E-state index contributed by atoms with van der Waals surface area (Å²) in [5.41, 5.74) is 5.37. The number of rotatable bonds is 3. The Hall–Kier alpha value is -1.80. The van der Waals surface area contributed by atoms with Gasteiger partial charge in [-0.05, 0) is 18.2 Å². The van der Waals surface area contributed by atoms with Gasteiger partial charge in [0.1, 0.15) is 0 Å². The normalized spacial score (nSPS) is 11.1. The number of nitrogens with two attached hydrogens (primary N) is 2. The monoisotopic (exact) mass is 245 g/mol. The van der Waals surface area contributed by atoms with Gasteiger partial charge in [0.25, 0.3) is 10.2 Å². The first-order valence-corrected chi connectivity index (χ1v) is 5.63. The van der Waals surface area contributed by atoms with Gasteiger partial charge in [0.15, 0.2) is 0 Å². The number of carboxylic acid groups (broad SMARTS) is 1. The number of hydrogen-bond donors (Lipinski definition) is 3. The van der Waals surface area contributed by atoms with E-state index in [9.17, 15) is 13.2 Å². The third-order valence-electron chi connectivity index (χ3n) is 1.97. The van der Waals surface area contributed by atoms with E-state index in [-0.39, 0.29) is 16.9 Å². The lowest BCUT2D eigenvalue weighted by Crippen LogP contribution is -2.34. The average Bonchev–Trinajstić information content (AvgIpc) is 2.15. The van der Waals surface area contributed by atoms with Crippen molar-refractivity contribution in [2.45, 2.75) is 0 Å². The Bertz CT molecular complexity index is 526. The number of nitrogens with zero attached hydrogens (tertiary/aromatic N) is 1. The predicted octanol–water partition coefficient (Wildman–Crippen LogP) is -0.393. The molecule has 0 aromatic heterocycles. The molecule has 88 valence electrons. The second-order valence-corrected chi connectivity index (χ2v) is 4.67. The Morgan fingerprint density at radius 1 is 1.44 bits per heavy atom. The second-order valence-electron chi connectivity index (χ2n) is 3.09. The SMILES string of the molecule is CN(c1ccc(N)cc1C(=O)O)S(N)(=O)=O. The molecule has 0 atom stereocenters. The summed E-state index contributed by atoms with van der Waals surface area (Å²) in [4.78, 5) is 10.9. The topological polar surface area (TPSA) is 127 Å². The summed E-state index contributed by atoms with van der Waals surface area (Å²) >= 11 is 0. The smallest absolute Gasteiger partial charge is 0.337 e. The van der Waals surface area contributed by atoms with Crippen molar-refractivity contribution in [2.75, 3.05) is 17.1 Å². The summed E-state index contributed by atoms with van der Waals surface area (Å²) in [6.45, 7) is 0. The van der Waals surface area contributed by atoms with E-state index in [0.717, 1.165) is 7.05 Å². The number of carboxylic acids is 1. The van der Waals surface area contributed by atoms with Crippen LogP contribution in [0.25, 0.3) is 0 Å². The molecule has 1 aromatic carbocycles. The summed E-state index contributed by atoms with van der Waals surface area (Å²) in [6.07, 6.45) is 0. The molecule has 7 nitrogen and oxygen atoms in total. The first-order chi connectivity index (χ1) is 7.23. The summed E-state index contributed by atoms with van der Waals surface area (Å²) in [5, 5.41) is 13.8. The number of benzene rings is 1. The van der Waals surface area contributed by atoms with Crippen LogP contribution in [0.5, 0.6) is 0 Å². The van der Waals surface area contributed by atoms with Crippen molar-refractivity contribution in [1.29, 1.82) is 0 Å². The molecule has 0 saturated heterocycles. The molecule has 1 aromatic rings. The van der Waals surface area contributed by atoms with Crippen molar-refractivity contribution < 1.29 is 18.3 Å². The standard InChI is InChI=1S/C8H11N3O4S/c1-11(16(10,14)15)7-3-2-5(9)4-6(7)8(12)13/h2-4H,9H2,1H3,(H,12,13)(H2,10,14,15). The molecule has 0 aliphatic heterocycles. The van der Waals surface area contributed by atoms with Crippen molar-refractivity contribution in [3.05, 3.63) is 23.8 Å². The number of hydrogen-bond acceptors (Lipinski definition) is 4. The van der Waals surface area contributed by atoms with Gasteiger partial charge in [0.2, 0.25) is 0 Å². The van der Waals surface area contributed by atoms with Crippen LogP contribution in [0.2, 0.25) is 0 Å². The van der Waals surface area contributed by atoms with Gasteiger partial charge in [-0.15, -0.1) is 0 Å². The zero-order chi connectivity index (χ0) is 12.5. The van der Waals surface area contributed by atoms with Crippen LogP contribution in [-0.2, 0) is 10.2 Å². The second kappa shape index (κ2) is 3.99. The minimum atomic E-state index is -4.00. The van der Waals surface area contributed by atoms with Crippen LogP contribution in [0.15, 0.2) is 18.2 Å². The van der Waals surface area contributed by atoms with Gasteiger partial charge >= 0.3 is 5.97 Å². The molecular weight excluding hydrogens is 234 g/mol. The third kappa shape index (κ3) is 2.41. The summed E-state index contributed by atoms with van der Waals surface area (Å²) < 4.78 is 22.8. The fourth-order valence-corrected chi connectivity index (χ4v) is 1.57. The van der Waals surface area contributed by atoms with Crippen molar-refractivity contribution in [2.24, 2.45) is 5.14 Å². The van der Waals surface area contributed by atoms with E-state index < -0.39 is 16.2 Å². The Morgan fingerprint density at radius 3 is 2.44 bits per heavy atom. The Kier molecular flexibility index (Phi) is 3.06. The van der Waals surface area contributed by atoms with E-state index in [1.807, 2.05) is 0 Å². The van der Waals surface area contributed by atoms with Gasteiger partial charge in [-0.25, -0.2) is 9.93 Å². The van der Waals surface area contributed by atoms with Gasteiger partial charge < -0.3 is 10.8 Å². The van der Waals surface area contributed by atoms with Crippen molar-refractivity contribution in [1.82, 2.24) is 0 Å². The summed E-state index contributed by atoms with van der Waals surface area (Å²) in [7, 11) is -2.84. The van der Waals surface area contributed by atoms with E-state index in [4.69, 9.17) is 16.0 Å². The van der Waals surface area contributed by atoms with E-state index in [2.05, 4.69) is 0 Å². The quantitative estimate of drug-likeness (QED) is 0.625. The zero-order valence-electron chi connectivity index (χ0n) is 8.41. The third-order valence-corrected chi connectivity index (χ3v) is 2.93. The van der Waals surface area contributed by atoms with Crippen LogP contribution in [0.3, 0.4) is 0 Å². The van der Waals surface area contributed by atoms with Crippen LogP contribution in [0.1, 0.15) is 10.4 Å². The minimum Gasteiger partial charge on any atom is -0.478 e. The largest absolute Gasteiger partial charge is 0.478 e. The minimum absolute atomic E-state index is 0.0378. The summed E-state index contributed by atoms with van der Waals surface area (Å²) in [6, 6.07) is 3.84. The van der Waals surface area contributed by atoms with Crippen LogP contribution >= 0.6 is 0 Å². The highest BCUT2D eigenvalue weighted by Crippen LogP contribution is 2.23. The lowest BCUT2D eigenvalue weighted by molar-refractivity contribution is 0.0698. The highest BCUT2D eigenvalue weighted by atomic mass is 32.2. The molecular formula is C8H11N3O4S. The lowest BCUT2D eigenvalue weighted by atomic mass is 10.1. The maximum absolute atomic E-state index is 11.1. The van der Waals surface area contributed by atoms with Gasteiger partial charge in [-0.1, -0.05) is 0 Å². The fraction of sp³-hybridized carbons (Fsp3) is 0.125. The van der Waals surface area contributed by atoms with E-state index in [1.54, 1.807) is 0 Å². The molecule has 0 unspecified atom stereocenters. The van der Waals surface area contributed by atoms with Crippen LogP contribution in [-0.4, -0.2) is 26.5 Å². The highest BCUT2D eigenvalue weighted by molar-refractivity contribution is 7.90.